The Bertz CT molecular complexity index is 328. The van der Waals surface area contributed by atoms with Crippen LogP contribution in [-0.2, 0) is 6.42 Å². The molecule has 0 atom stereocenters. The average molecular weight is 208 g/mol. The van der Waals surface area contributed by atoms with Crippen LogP contribution in [0, 0.1) is 0 Å². The van der Waals surface area contributed by atoms with Gasteiger partial charge in [0.05, 0.1) is 0 Å². The van der Waals surface area contributed by atoms with Gasteiger partial charge >= 0.3 is 0 Å². The fraction of sp³-hybridized carbons (Fsp3) is 0.455. The van der Waals surface area contributed by atoms with Crippen LogP contribution >= 0.6 is 0 Å². The van der Waals surface area contributed by atoms with Crippen LogP contribution in [0.4, 0.5) is 0 Å². The van der Waals surface area contributed by atoms with Gasteiger partial charge in [-0.2, -0.15) is 0 Å². The van der Waals surface area contributed by atoms with E-state index in [0.29, 0.717) is 13.3 Å². The van der Waals surface area contributed by atoms with Gasteiger partial charge in [0, 0.05) is 13.1 Å². The molecule has 0 spiro atoms. The summed E-state index contributed by atoms with van der Waals surface area (Å²) in [6.45, 7) is 2.83. The van der Waals surface area contributed by atoms with E-state index in [-0.39, 0.29) is 0 Å². The van der Waals surface area contributed by atoms with Crippen molar-refractivity contribution in [2.45, 2.75) is 6.42 Å². The first kappa shape index (κ1) is 10.3. The summed E-state index contributed by atoms with van der Waals surface area (Å²) < 4.78 is 10.5. The van der Waals surface area contributed by atoms with Gasteiger partial charge in [-0.15, -0.1) is 0 Å². The Labute approximate surface area is 89.4 Å². The molecule has 15 heavy (non-hydrogen) atoms. The van der Waals surface area contributed by atoms with E-state index in [1.807, 2.05) is 12.1 Å². The zero-order valence-electron chi connectivity index (χ0n) is 8.66. The van der Waals surface area contributed by atoms with E-state index < -0.39 is 0 Å². The summed E-state index contributed by atoms with van der Waals surface area (Å²) >= 11 is 0. The van der Waals surface area contributed by atoms with Crippen molar-refractivity contribution >= 4 is 0 Å². The summed E-state index contributed by atoms with van der Waals surface area (Å²) in [5, 5.41) is 3.25. The highest BCUT2D eigenvalue weighted by molar-refractivity contribution is 5.44. The van der Waals surface area contributed by atoms with Crippen LogP contribution in [0.1, 0.15) is 5.56 Å². The summed E-state index contributed by atoms with van der Waals surface area (Å²) in [6, 6.07) is 6.06. The highest BCUT2D eigenvalue weighted by Gasteiger charge is 2.12. The molecule has 0 fully saturated rings. The molecule has 1 aromatic carbocycles. The first-order valence-corrected chi connectivity index (χ1v) is 5.19. The van der Waals surface area contributed by atoms with E-state index in [2.05, 4.69) is 11.4 Å². The largest absolute Gasteiger partial charge is 0.454 e. The lowest BCUT2D eigenvalue weighted by Crippen LogP contribution is -2.24. The number of fused-ring (bicyclic) bond motifs is 1. The van der Waals surface area contributed by atoms with Gasteiger partial charge < -0.3 is 20.5 Å². The number of benzene rings is 1. The van der Waals surface area contributed by atoms with E-state index in [9.17, 15) is 0 Å². The number of hydrogen-bond acceptors (Lipinski definition) is 4. The Balaban J connectivity index is 1.87. The molecule has 1 heterocycles. The third kappa shape index (κ3) is 2.61. The van der Waals surface area contributed by atoms with E-state index in [0.717, 1.165) is 31.0 Å². The molecular formula is C11H16N2O2. The van der Waals surface area contributed by atoms with E-state index >= 15 is 0 Å². The topological polar surface area (TPSA) is 56.5 Å². The Morgan fingerprint density at radius 1 is 1.20 bits per heavy atom. The second kappa shape index (κ2) is 5.00. The molecule has 2 rings (SSSR count). The van der Waals surface area contributed by atoms with Crippen LogP contribution in [-0.4, -0.2) is 26.4 Å². The minimum Gasteiger partial charge on any atom is -0.454 e. The number of nitrogens with one attached hydrogen (secondary N) is 1. The maximum Gasteiger partial charge on any atom is 0.231 e. The van der Waals surface area contributed by atoms with Crippen molar-refractivity contribution in [1.82, 2.24) is 5.32 Å². The summed E-state index contributed by atoms with van der Waals surface area (Å²) in [5.74, 6) is 1.69. The molecular weight excluding hydrogens is 192 g/mol. The fourth-order valence-corrected chi connectivity index (χ4v) is 1.56. The lowest BCUT2D eigenvalue weighted by atomic mass is 10.1. The molecule has 1 aliphatic heterocycles. The smallest absolute Gasteiger partial charge is 0.231 e. The fourth-order valence-electron chi connectivity index (χ4n) is 1.56. The van der Waals surface area contributed by atoms with Crippen molar-refractivity contribution in [3.63, 3.8) is 0 Å². The van der Waals surface area contributed by atoms with Gasteiger partial charge in [0.1, 0.15) is 0 Å². The normalized spacial score (nSPS) is 13.1. The summed E-state index contributed by atoms with van der Waals surface area (Å²) in [5.41, 5.74) is 6.64. The lowest BCUT2D eigenvalue weighted by Gasteiger charge is -2.04. The molecule has 82 valence electrons. The molecule has 1 aliphatic rings. The predicted molar refractivity (Wildman–Crippen MR) is 58.2 cm³/mol. The Kier molecular flexibility index (Phi) is 3.42. The predicted octanol–water partition coefficient (Wildman–Crippen LogP) is 0.506. The highest BCUT2D eigenvalue weighted by atomic mass is 16.7. The van der Waals surface area contributed by atoms with Crippen LogP contribution in [0.15, 0.2) is 18.2 Å². The molecule has 0 radical (unpaired) electrons. The molecule has 0 amide bonds. The quantitative estimate of drug-likeness (QED) is 0.692. The average Bonchev–Trinajstić information content (AvgIpc) is 2.71. The SMILES string of the molecule is NCCNCCc1ccc2c(c1)OCO2. The molecule has 4 nitrogen and oxygen atoms in total. The van der Waals surface area contributed by atoms with Crippen molar-refractivity contribution in [3.05, 3.63) is 23.8 Å². The Morgan fingerprint density at radius 3 is 2.93 bits per heavy atom. The number of ether oxygens (including phenoxy) is 2. The molecule has 0 bridgehead atoms. The highest BCUT2D eigenvalue weighted by Crippen LogP contribution is 2.32. The summed E-state index contributed by atoms with van der Waals surface area (Å²) in [4.78, 5) is 0. The van der Waals surface area contributed by atoms with Crippen molar-refractivity contribution in [2.24, 2.45) is 5.73 Å². The summed E-state index contributed by atoms with van der Waals surface area (Å²) in [6.07, 6.45) is 0.983. The van der Waals surface area contributed by atoms with E-state index in [1.165, 1.54) is 5.56 Å². The molecule has 0 saturated carbocycles. The van der Waals surface area contributed by atoms with Gasteiger partial charge in [-0.3, -0.25) is 0 Å². The second-order valence-electron chi connectivity index (χ2n) is 3.48. The van der Waals surface area contributed by atoms with E-state index in [1.54, 1.807) is 0 Å². The van der Waals surface area contributed by atoms with Crippen molar-refractivity contribution in [1.29, 1.82) is 0 Å². The second-order valence-corrected chi connectivity index (χ2v) is 3.48. The molecule has 1 aromatic rings. The molecule has 0 aliphatic carbocycles. The third-order valence-corrected chi connectivity index (χ3v) is 2.35. The lowest BCUT2D eigenvalue weighted by molar-refractivity contribution is 0.174. The van der Waals surface area contributed by atoms with Crippen LogP contribution in [0.5, 0.6) is 11.5 Å². The Morgan fingerprint density at radius 2 is 2.07 bits per heavy atom. The van der Waals surface area contributed by atoms with Gasteiger partial charge in [-0.1, -0.05) is 6.07 Å². The summed E-state index contributed by atoms with van der Waals surface area (Å²) in [7, 11) is 0. The van der Waals surface area contributed by atoms with Gasteiger partial charge in [0.2, 0.25) is 6.79 Å². The standard InChI is InChI=1S/C11H16N2O2/c12-4-6-13-5-3-9-1-2-10-11(7-9)15-8-14-10/h1-2,7,13H,3-6,8,12H2. The van der Waals surface area contributed by atoms with Crippen molar-refractivity contribution in [2.75, 3.05) is 26.4 Å². The number of rotatable bonds is 5. The zero-order chi connectivity index (χ0) is 10.5. The Hall–Kier alpha value is -1.26. The molecule has 0 aromatic heterocycles. The van der Waals surface area contributed by atoms with Crippen LogP contribution in [0.2, 0.25) is 0 Å². The third-order valence-electron chi connectivity index (χ3n) is 2.35. The first-order valence-electron chi connectivity index (χ1n) is 5.19. The maximum atomic E-state index is 5.38. The van der Waals surface area contributed by atoms with Gasteiger partial charge in [0.15, 0.2) is 11.5 Å². The van der Waals surface area contributed by atoms with Gasteiger partial charge in [-0.25, -0.2) is 0 Å². The van der Waals surface area contributed by atoms with Crippen molar-refractivity contribution in [3.8, 4) is 11.5 Å². The van der Waals surface area contributed by atoms with Gasteiger partial charge in [-0.05, 0) is 30.7 Å². The number of nitrogens with two attached hydrogens (primary N) is 1. The van der Waals surface area contributed by atoms with Gasteiger partial charge in [0.25, 0.3) is 0 Å². The minimum atomic E-state index is 0.338. The molecule has 0 unspecified atom stereocenters. The monoisotopic (exact) mass is 208 g/mol. The molecule has 3 N–H and O–H groups in total. The van der Waals surface area contributed by atoms with Crippen LogP contribution in [0.3, 0.4) is 0 Å². The number of hydrogen-bond donors (Lipinski definition) is 2. The molecule has 0 saturated heterocycles. The molecule has 4 heteroatoms. The first-order chi connectivity index (χ1) is 7.40. The minimum absolute atomic E-state index is 0.338. The zero-order valence-corrected chi connectivity index (χ0v) is 8.66. The van der Waals surface area contributed by atoms with Crippen LogP contribution in [0.25, 0.3) is 0 Å². The van der Waals surface area contributed by atoms with E-state index in [4.69, 9.17) is 15.2 Å². The maximum absolute atomic E-state index is 5.38. The van der Waals surface area contributed by atoms with Crippen LogP contribution < -0.4 is 20.5 Å². The van der Waals surface area contributed by atoms with Crippen molar-refractivity contribution < 1.29 is 9.47 Å².